The number of esters is 1. The second kappa shape index (κ2) is 7.64. The zero-order chi connectivity index (χ0) is 15.2. The normalized spacial score (nSPS) is 19.0. The summed E-state index contributed by atoms with van der Waals surface area (Å²) < 4.78 is 5.96. The Bertz CT molecular complexity index is 528. The van der Waals surface area contributed by atoms with Gasteiger partial charge in [0.25, 0.3) is 0 Å². The van der Waals surface area contributed by atoms with Gasteiger partial charge in [0.2, 0.25) is 0 Å². The number of carbonyl (C=O) groups excluding carboxylic acids is 1. The molecule has 4 heteroatoms. The molecule has 0 radical (unpaired) electrons. The number of carbonyl (C=O) groups is 1. The minimum atomic E-state index is -0.296. The van der Waals surface area contributed by atoms with Crippen LogP contribution in [0.4, 0.5) is 5.69 Å². The van der Waals surface area contributed by atoms with Gasteiger partial charge in [-0.2, -0.15) is 0 Å². The Kier molecular flexibility index (Phi) is 5.85. The molecule has 1 saturated heterocycles. The summed E-state index contributed by atoms with van der Waals surface area (Å²) in [6, 6.07) is 6.22. The van der Waals surface area contributed by atoms with Crippen LogP contribution < -0.4 is 4.90 Å². The standard InChI is InChI=1S/C17H22BrNO2/c1-3-21-17(20)9-6-14-11-15(18)7-8-16(14)19-10-4-5-13(2)12-19/h6-9,11,13H,3-5,10,12H2,1-2H3. The molecule has 1 atom stereocenters. The molecule has 1 fully saturated rings. The molecule has 1 heterocycles. The van der Waals surface area contributed by atoms with Crippen LogP contribution in [-0.4, -0.2) is 25.7 Å². The second-order valence-corrected chi connectivity index (χ2v) is 6.40. The van der Waals surface area contributed by atoms with Crippen LogP contribution in [0.25, 0.3) is 6.08 Å². The number of benzene rings is 1. The third-order valence-electron chi connectivity index (χ3n) is 3.67. The lowest BCUT2D eigenvalue weighted by Crippen LogP contribution is -2.34. The highest BCUT2D eigenvalue weighted by atomic mass is 79.9. The summed E-state index contributed by atoms with van der Waals surface area (Å²) >= 11 is 3.50. The molecule has 1 aromatic carbocycles. The molecule has 0 N–H and O–H groups in total. The van der Waals surface area contributed by atoms with Gasteiger partial charge in [0.05, 0.1) is 6.61 Å². The first-order valence-corrected chi connectivity index (χ1v) is 8.28. The van der Waals surface area contributed by atoms with E-state index in [1.165, 1.54) is 24.6 Å². The van der Waals surface area contributed by atoms with E-state index in [1.54, 1.807) is 0 Å². The van der Waals surface area contributed by atoms with E-state index in [9.17, 15) is 4.79 Å². The van der Waals surface area contributed by atoms with Crippen molar-refractivity contribution in [2.45, 2.75) is 26.7 Å². The average Bonchev–Trinajstić information content (AvgIpc) is 2.45. The molecule has 0 bridgehead atoms. The van der Waals surface area contributed by atoms with Crippen LogP contribution in [-0.2, 0) is 9.53 Å². The lowest BCUT2D eigenvalue weighted by Gasteiger charge is -2.33. The first-order chi connectivity index (χ1) is 10.1. The van der Waals surface area contributed by atoms with Crippen LogP contribution in [0, 0.1) is 5.92 Å². The predicted octanol–water partition coefficient (Wildman–Crippen LogP) is 4.26. The van der Waals surface area contributed by atoms with Crippen LogP contribution in [0.5, 0.6) is 0 Å². The largest absolute Gasteiger partial charge is 0.463 e. The Hall–Kier alpha value is -1.29. The number of hydrogen-bond acceptors (Lipinski definition) is 3. The number of nitrogens with zero attached hydrogens (tertiary/aromatic N) is 1. The van der Waals surface area contributed by atoms with Gasteiger partial charge in [-0.3, -0.25) is 0 Å². The van der Waals surface area contributed by atoms with Crippen molar-refractivity contribution in [1.82, 2.24) is 0 Å². The smallest absolute Gasteiger partial charge is 0.330 e. The molecular weight excluding hydrogens is 330 g/mol. The van der Waals surface area contributed by atoms with Crippen LogP contribution in [0.3, 0.4) is 0 Å². The van der Waals surface area contributed by atoms with Gasteiger partial charge in [0, 0.05) is 29.3 Å². The summed E-state index contributed by atoms with van der Waals surface area (Å²) in [7, 11) is 0. The minimum Gasteiger partial charge on any atom is -0.463 e. The molecule has 0 aliphatic carbocycles. The Labute approximate surface area is 135 Å². The summed E-state index contributed by atoms with van der Waals surface area (Å²) in [5, 5.41) is 0. The number of halogens is 1. The van der Waals surface area contributed by atoms with Crippen molar-refractivity contribution in [2.24, 2.45) is 5.92 Å². The van der Waals surface area contributed by atoms with Crippen molar-refractivity contribution in [3.63, 3.8) is 0 Å². The van der Waals surface area contributed by atoms with E-state index in [1.807, 2.05) is 19.1 Å². The van der Waals surface area contributed by atoms with Crippen molar-refractivity contribution in [2.75, 3.05) is 24.6 Å². The predicted molar refractivity (Wildman–Crippen MR) is 90.4 cm³/mol. The third kappa shape index (κ3) is 4.60. The summed E-state index contributed by atoms with van der Waals surface area (Å²) in [5.74, 6) is 0.416. The Morgan fingerprint density at radius 2 is 2.33 bits per heavy atom. The molecule has 1 unspecified atom stereocenters. The molecule has 114 valence electrons. The Morgan fingerprint density at radius 3 is 3.05 bits per heavy atom. The van der Waals surface area contributed by atoms with Crippen LogP contribution in [0.2, 0.25) is 0 Å². The van der Waals surface area contributed by atoms with Crippen molar-refractivity contribution < 1.29 is 9.53 Å². The third-order valence-corrected chi connectivity index (χ3v) is 4.17. The second-order valence-electron chi connectivity index (χ2n) is 5.48. The average molecular weight is 352 g/mol. The topological polar surface area (TPSA) is 29.5 Å². The van der Waals surface area contributed by atoms with Gasteiger partial charge in [-0.1, -0.05) is 22.9 Å². The zero-order valence-electron chi connectivity index (χ0n) is 12.6. The molecule has 21 heavy (non-hydrogen) atoms. The quantitative estimate of drug-likeness (QED) is 0.599. The maximum Gasteiger partial charge on any atom is 0.330 e. The van der Waals surface area contributed by atoms with E-state index in [-0.39, 0.29) is 5.97 Å². The van der Waals surface area contributed by atoms with Crippen molar-refractivity contribution in [3.05, 3.63) is 34.3 Å². The highest BCUT2D eigenvalue weighted by molar-refractivity contribution is 9.10. The van der Waals surface area contributed by atoms with Crippen molar-refractivity contribution in [1.29, 1.82) is 0 Å². The van der Waals surface area contributed by atoms with Gasteiger partial charge >= 0.3 is 5.97 Å². The minimum absolute atomic E-state index is 0.296. The lowest BCUT2D eigenvalue weighted by atomic mass is 9.99. The molecule has 2 rings (SSSR count). The summed E-state index contributed by atoms with van der Waals surface area (Å²) in [4.78, 5) is 13.9. The first kappa shape index (κ1) is 16.1. The summed E-state index contributed by atoms with van der Waals surface area (Å²) in [6.07, 6.45) is 5.86. The summed E-state index contributed by atoms with van der Waals surface area (Å²) in [6.45, 7) is 6.65. The fourth-order valence-corrected chi connectivity index (χ4v) is 3.08. The van der Waals surface area contributed by atoms with Crippen molar-refractivity contribution >= 4 is 33.7 Å². The molecule has 0 aromatic heterocycles. The van der Waals surface area contributed by atoms with E-state index >= 15 is 0 Å². The molecule has 1 aromatic rings. The van der Waals surface area contributed by atoms with E-state index < -0.39 is 0 Å². The maximum atomic E-state index is 11.5. The maximum absolute atomic E-state index is 11.5. The van der Waals surface area contributed by atoms with Crippen LogP contribution >= 0.6 is 15.9 Å². The number of rotatable bonds is 4. The fourth-order valence-electron chi connectivity index (χ4n) is 2.70. The van der Waals surface area contributed by atoms with Gasteiger partial charge in [-0.05, 0) is 55.5 Å². The molecule has 1 aliphatic heterocycles. The van der Waals surface area contributed by atoms with Crippen LogP contribution in [0.1, 0.15) is 32.3 Å². The molecule has 0 saturated carbocycles. The monoisotopic (exact) mass is 351 g/mol. The van der Waals surface area contributed by atoms with Gasteiger partial charge in [0.15, 0.2) is 0 Å². The van der Waals surface area contributed by atoms with E-state index in [2.05, 4.69) is 39.9 Å². The number of anilines is 1. The van der Waals surface area contributed by atoms with Gasteiger partial charge in [-0.15, -0.1) is 0 Å². The van der Waals surface area contributed by atoms with Gasteiger partial charge < -0.3 is 9.64 Å². The summed E-state index contributed by atoms with van der Waals surface area (Å²) in [5.41, 5.74) is 2.23. The van der Waals surface area contributed by atoms with Gasteiger partial charge in [-0.25, -0.2) is 4.79 Å². The molecule has 0 spiro atoms. The van der Waals surface area contributed by atoms with E-state index in [4.69, 9.17) is 4.74 Å². The lowest BCUT2D eigenvalue weighted by molar-refractivity contribution is -0.137. The van der Waals surface area contributed by atoms with Crippen molar-refractivity contribution in [3.8, 4) is 0 Å². The highest BCUT2D eigenvalue weighted by Gasteiger charge is 2.18. The highest BCUT2D eigenvalue weighted by Crippen LogP contribution is 2.29. The number of piperidine rings is 1. The zero-order valence-corrected chi connectivity index (χ0v) is 14.2. The van der Waals surface area contributed by atoms with Gasteiger partial charge in [0.1, 0.15) is 0 Å². The molecule has 0 amide bonds. The molecule has 1 aliphatic rings. The number of ether oxygens (including phenoxy) is 1. The molecule has 3 nitrogen and oxygen atoms in total. The SMILES string of the molecule is CCOC(=O)C=Cc1cc(Br)ccc1N1CCCC(C)C1. The fraction of sp³-hybridized carbons (Fsp3) is 0.471. The van der Waals surface area contributed by atoms with E-state index in [0.717, 1.165) is 23.1 Å². The first-order valence-electron chi connectivity index (χ1n) is 7.49. The van der Waals surface area contributed by atoms with E-state index in [0.29, 0.717) is 12.5 Å². The Balaban J connectivity index is 2.22. The number of hydrogen-bond donors (Lipinski definition) is 0. The van der Waals surface area contributed by atoms with Crippen LogP contribution in [0.15, 0.2) is 28.7 Å². The Morgan fingerprint density at radius 1 is 1.52 bits per heavy atom. The molecular formula is C17H22BrNO2.